The fraction of sp³-hybridized carbons (Fsp3) is 0.235. The molecule has 4 heteroatoms. The first-order valence-electron chi connectivity index (χ1n) is 7.22. The largest absolute Gasteiger partial charge is 0.308 e. The Balaban J connectivity index is 1.65. The van der Waals surface area contributed by atoms with E-state index < -0.39 is 0 Å². The molecule has 3 aromatic rings. The lowest BCUT2D eigenvalue weighted by Crippen LogP contribution is -2.14. The molecule has 0 fully saturated rings. The van der Waals surface area contributed by atoms with Crippen LogP contribution >= 0.6 is 11.3 Å². The third-order valence-corrected chi connectivity index (χ3v) is 4.50. The normalized spacial score (nSPS) is 10.9. The van der Waals surface area contributed by atoms with Crippen molar-refractivity contribution in [2.75, 3.05) is 0 Å². The van der Waals surface area contributed by atoms with Crippen molar-refractivity contribution in [2.24, 2.45) is 0 Å². The minimum atomic E-state index is 0.821. The van der Waals surface area contributed by atoms with Crippen LogP contribution in [0.25, 0.3) is 10.6 Å². The molecule has 0 radical (unpaired) electrons. The van der Waals surface area contributed by atoms with Gasteiger partial charge in [0.2, 0.25) is 0 Å². The van der Waals surface area contributed by atoms with Gasteiger partial charge in [0, 0.05) is 18.7 Å². The molecule has 0 spiro atoms. The minimum absolute atomic E-state index is 0.821. The first-order chi connectivity index (χ1) is 10.4. The maximum atomic E-state index is 4.18. The summed E-state index contributed by atoms with van der Waals surface area (Å²) in [6.45, 7) is 3.91. The second-order valence-corrected chi connectivity index (χ2v) is 5.92. The zero-order valence-corrected chi connectivity index (χ0v) is 12.9. The molecule has 0 saturated carbocycles. The second kappa shape index (κ2) is 6.70. The van der Waals surface area contributed by atoms with E-state index in [1.165, 1.54) is 21.6 Å². The van der Waals surface area contributed by atoms with E-state index in [0.29, 0.717) is 0 Å². The monoisotopic (exact) mass is 297 g/mol. The molecule has 0 unspecified atom stereocenters. The Morgan fingerprint density at radius 3 is 2.62 bits per heavy atom. The molecule has 1 aromatic carbocycles. The van der Waals surface area contributed by atoms with Crippen molar-refractivity contribution in [3.63, 3.8) is 0 Å². The molecule has 0 bridgehead atoms. The van der Waals surface area contributed by atoms with Crippen molar-refractivity contribution < 1.29 is 0 Å². The van der Waals surface area contributed by atoms with Gasteiger partial charge in [0.1, 0.15) is 0 Å². The minimum Gasteiger partial charge on any atom is -0.308 e. The molecular formula is C17H19N3S. The van der Waals surface area contributed by atoms with Gasteiger partial charge in [-0.25, -0.2) is 0 Å². The molecule has 21 heavy (non-hydrogen) atoms. The summed E-state index contributed by atoms with van der Waals surface area (Å²) in [5.74, 6) is 0. The third-order valence-electron chi connectivity index (χ3n) is 3.62. The number of nitrogens with zero attached hydrogens (tertiary/aromatic N) is 1. The molecule has 2 aromatic heterocycles. The van der Waals surface area contributed by atoms with Crippen LogP contribution in [0.4, 0.5) is 0 Å². The van der Waals surface area contributed by atoms with E-state index in [2.05, 4.69) is 64.2 Å². The molecule has 2 N–H and O–H groups in total. The molecule has 0 saturated heterocycles. The molecule has 3 nitrogen and oxygen atoms in total. The van der Waals surface area contributed by atoms with Crippen LogP contribution in [0.2, 0.25) is 0 Å². The smallest absolute Gasteiger partial charge is 0.0794 e. The van der Waals surface area contributed by atoms with Crippen LogP contribution in [-0.2, 0) is 19.5 Å². The second-order valence-electron chi connectivity index (χ2n) is 4.97. The Kier molecular flexibility index (Phi) is 4.48. The van der Waals surface area contributed by atoms with Crippen molar-refractivity contribution in [2.45, 2.75) is 26.4 Å². The van der Waals surface area contributed by atoms with Crippen LogP contribution < -0.4 is 5.32 Å². The van der Waals surface area contributed by atoms with Crippen molar-refractivity contribution in [3.8, 4) is 10.6 Å². The van der Waals surface area contributed by atoms with Crippen molar-refractivity contribution >= 4 is 11.3 Å². The molecule has 2 heterocycles. The SMILES string of the molecule is CCc1ccccc1CNCc1cn[nH]c1-c1cccs1. The van der Waals surface area contributed by atoms with Crippen LogP contribution in [0, 0.1) is 0 Å². The van der Waals surface area contributed by atoms with E-state index in [-0.39, 0.29) is 0 Å². The van der Waals surface area contributed by atoms with E-state index >= 15 is 0 Å². The van der Waals surface area contributed by atoms with E-state index in [9.17, 15) is 0 Å². The number of aromatic amines is 1. The molecular weight excluding hydrogens is 278 g/mol. The van der Waals surface area contributed by atoms with E-state index in [1.807, 2.05) is 6.20 Å². The highest BCUT2D eigenvalue weighted by Gasteiger charge is 2.08. The predicted molar refractivity (Wildman–Crippen MR) is 88.3 cm³/mol. The summed E-state index contributed by atoms with van der Waals surface area (Å²) in [5.41, 5.74) is 5.13. The fourth-order valence-electron chi connectivity index (χ4n) is 2.49. The molecule has 0 aliphatic carbocycles. The van der Waals surface area contributed by atoms with Gasteiger partial charge in [-0.15, -0.1) is 11.3 Å². The topological polar surface area (TPSA) is 40.7 Å². The maximum absolute atomic E-state index is 4.18. The molecule has 3 rings (SSSR count). The van der Waals surface area contributed by atoms with Gasteiger partial charge in [-0.2, -0.15) is 5.10 Å². The Bertz CT molecular complexity index is 686. The molecule has 0 aliphatic heterocycles. The third kappa shape index (κ3) is 3.23. The zero-order chi connectivity index (χ0) is 14.5. The maximum Gasteiger partial charge on any atom is 0.0794 e. The first-order valence-corrected chi connectivity index (χ1v) is 8.10. The van der Waals surface area contributed by atoms with Crippen molar-refractivity contribution in [3.05, 3.63) is 64.7 Å². The lowest BCUT2D eigenvalue weighted by atomic mass is 10.1. The summed E-state index contributed by atoms with van der Waals surface area (Å²) in [5, 5.41) is 12.9. The van der Waals surface area contributed by atoms with Gasteiger partial charge in [-0.05, 0) is 29.0 Å². The van der Waals surface area contributed by atoms with E-state index in [4.69, 9.17) is 0 Å². The highest BCUT2D eigenvalue weighted by atomic mass is 32.1. The summed E-state index contributed by atoms with van der Waals surface area (Å²) in [7, 11) is 0. The van der Waals surface area contributed by atoms with Crippen LogP contribution in [0.3, 0.4) is 0 Å². The summed E-state index contributed by atoms with van der Waals surface area (Å²) in [6.07, 6.45) is 2.98. The number of H-pyrrole nitrogens is 1. The molecule has 0 amide bonds. The zero-order valence-electron chi connectivity index (χ0n) is 12.1. The Hall–Kier alpha value is -1.91. The van der Waals surface area contributed by atoms with Crippen LogP contribution in [0.1, 0.15) is 23.6 Å². The number of benzene rings is 1. The summed E-state index contributed by atoms with van der Waals surface area (Å²) in [6, 6.07) is 12.8. The fourth-order valence-corrected chi connectivity index (χ4v) is 3.24. The number of aryl methyl sites for hydroxylation is 1. The average Bonchev–Trinajstić information content (AvgIpc) is 3.18. The number of hydrogen-bond donors (Lipinski definition) is 2. The summed E-state index contributed by atoms with van der Waals surface area (Å²) >= 11 is 1.73. The molecule has 108 valence electrons. The number of aromatic nitrogens is 2. The number of rotatable bonds is 6. The van der Waals surface area contributed by atoms with Crippen molar-refractivity contribution in [1.29, 1.82) is 0 Å². The van der Waals surface area contributed by atoms with Crippen LogP contribution in [0.15, 0.2) is 48.0 Å². The standard InChI is InChI=1S/C17H19N3S/c1-2-13-6-3-4-7-14(13)10-18-11-15-12-19-20-17(15)16-8-5-9-21-16/h3-9,12,18H,2,10-11H2,1H3,(H,19,20). The highest BCUT2D eigenvalue weighted by Crippen LogP contribution is 2.25. The lowest BCUT2D eigenvalue weighted by Gasteiger charge is -2.09. The average molecular weight is 297 g/mol. The quantitative estimate of drug-likeness (QED) is 0.722. The van der Waals surface area contributed by atoms with Crippen LogP contribution in [-0.4, -0.2) is 10.2 Å². The Morgan fingerprint density at radius 2 is 1.86 bits per heavy atom. The highest BCUT2D eigenvalue weighted by molar-refractivity contribution is 7.13. The van der Waals surface area contributed by atoms with Crippen LogP contribution in [0.5, 0.6) is 0 Å². The Morgan fingerprint density at radius 1 is 1.05 bits per heavy atom. The predicted octanol–water partition coefficient (Wildman–Crippen LogP) is 3.99. The number of nitrogens with one attached hydrogen (secondary N) is 2. The number of hydrogen-bond acceptors (Lipinski definition) is 3. The van der Waals surface area contributed by atoms with Gasteiger partial charge >= 0.3 is 0 Å². The van der Waals surface area contributed by atoms with Crippen molar-refractivity contribution in [1.82, 2.24) is 15.5 Å². The van der Waals surface area contributed by atoms with Gasteiger partial charge in [0.25, 0.3) is 0 Å². The lowest BCUT2D eigenvalue weighted by molar-refractivity contribution is 0.689. The molecule has 0 aliphatic rings. The van der Waals surface area contributed by atoms with Gasteiger partial charge in [-0.1, -0.05) is 37.3 Å². The molecule has 0 atom stereocenters. The number of thiophene rings is 1. The summed E-state index contributed by atoms with van der Waals surface area (Å²) < 4.78 is 0. The van der Waals surface area contributed by atoms with E-state index in [0.717, 1.165) is 25.2 Å². The van der Waals surface area contributed by atoms with Gasteiger partial charge in [0.05, 0.1) is 16.8 Å². The summed E-state index contributed by atoms with van der Waals surface area (Å²) in [4.78, 5) is 1.23. The van der Waals surface area contributed by atoms with Gasteiger partial charge in [-0.3, -0.25) is 5.10 Å². The Labute approximate surface area is 129 Å². The van der Waals surface area contributed by atoms with Gasteiger partial charge < -0.3 is 5.32 Å². The van der Waals surface area contributed by atoms with E-state index in [1.54, 1.807) is 11.3 Å². The first kappa shape index (κ1) is 14.0. The van der Waals surface area contributed by atoms with Gasteiger partial charge in [0.15, 0.2) is 0 Å².